The Hall–Kier alpha value is -1.47. The van der Waals surface area contributed by atoms with Crippen LogP contribution in [-0.2, 0) is 11.3 Å². The van der Waals surface area contributed by atoms with E-state index in [1.807, 2.05) is 30.1 Å². The predicted octanol–water partition coefficient (Wildman–Crippen LogP) is 4.85. The lowest BCUT2D eigenvalue weighted by Gasteiger charge is -2.33. The Bertz CT molecular complexity index is 905. The summed E-state index contributed by atoms with van der Waals surface area (Å²) in [5, 5.41) is 1.16. The van der Waals surface area contributed by atoms with Crippen LogP contribution in [0.2, 0.25) is 4.34 Å². The largest absolute Gasteiger partial charge is 0.341 e. The molecule has 1 amide bonds. The second-order valence-corrected chi connectivity index (χ2v) is 9.94. The van der Waals surface area contributed by atoms with Gasteiger partial charge >= 0.3 is 0 Å². The highest BCUT2D eigenvalue weighted by molar-refractivity contribution is 7.18. The van der Waals surface area contributed by atoms with Crippen molar-refractivity contribution in [3.63, 3.8) is 0 Å². The molecule has 0 unspecified atom stereocenters. The maximum Gasteiger partial charge on any atom is 0.236 e. The molecular weight excluding hydrogens is 398 g/mol. The first-order valence-corrected chi connectivity index (χ1v) is 11.2. The Balaban J connectivity index is 1.37. The molecule has 27 heavy (non-hydrogen) atoms. The number of hydrogen-bond acceptors (Lipinski definition) is 5. The molecule has 4 rings (SSSR count). The van der Waals surface area contributed by atoms with E-state index >= 15 is 0 Å². The molecule has 1 aromatic carbocycles. The van der Waals surface area contributed by atoms with Crippen molar-refractivity contribution >= 4 is 50.4 Å². The first-order chi connectivity index (χ1) is 13.1. The summed E-state index contributed by atoms with van der Waals surface area (Å²) in [5.41, 5.74) is 1.07. The quantitative estimate of drug-likeness (QED) is 0.593. The van der Waals surface area contributed by atoms with Gasteiger partial charge in [-0.3, -0.25) is 9.69 Å². The van der Waals surface area contributed by atoms with Crippen molar-refractivity contribution in [1.29, 1.82) is 0 Å². The predicted molar refractivity (Wildman–Crippen MR) is 114 cm³/mol. The molecule has 7 heteroatoms. The lowest BCUT2D eigenvalue weighted by molar-refractivity contribution is -0.133. The van der Waals surface area contributed by atoms with Crippen molar-refractivity contribution < 1.29 is 4.79 Å². The maximum absolute atomic E-state index is 12.8. The van der Waals surface area contributed by atoms with Gasteiger partial charge in [-0.05, 0) is 44.2 Å². The highest BCUT2D eigenvalue weighted by Crippen LogP contribution is 2.33. The highest BCUT2D eigenvalue weighted by atomic mass is 35.5. The molecule has 3 heterocycles. The molecule has 3 aromatic rings. The number of likely N-dealkylation sites (N-methyl/N-ethyl adjacent to an activating group) is 1. The normalized spacial score (nSPS) is 17.7. The molecule has 0 N–H and O–H groups in total. The SMILES string of the molecule is CN(CC(=O)N1CCC[C@@H](c2nc3ccccc3s2)C1)Cc1ccc(Cl)s1. The number of thiazole rings is 1. The number of piperidine rings is 1. The first-order valence-electron chi connectivity index (χ1n) is 9.14. The fourth-order valence-electron chi connectivity index (χ4n) is 3.56. The Labute approximate surface area is 172 Å². The number of para-hydroxylation sites is 1. The van der Waals surface area contributed by atoms with E-state index in [1.165, 1.54) is 9.58 Å². The van der Waals surface area contributed by atoms with Crippen LogP contribution in [-0.4, -0.2) is 47.4 Å². The number of carbonyl (C=O) groups excluding carboxylic acids is 1. The van der Waals surface area contributed by atoms with Crippen molar-refractivity contribution in [3.05, 3.63) is 50.6 Å². The summed E-state index contributed by atoms with van der Waals surface area (Å²) in [6.07, 6.45) is 2.14. The molecular formula is C20H22ClN3OS2. The van der Waals surface area contributed by atoms with Gasteiger partial charge in [0.2, 0.25) is 5.91 Å². The number of halogens is 1. The average molecular weight is 420 g/mol. The number of nitrogens with zero attached hydrogens (tertiary/aromatic N) is 3. The molecule has 1 aliphatic heterocycles. The van der Waals surface area contributed by atoms with Gasteiger partial charge in [0.1, 0.15) is 0 Å². The summed E-state index contributed by atoms with van der Waals surface area (Å²) >= 11 is 9.33. The van der Waals surface area contributed by atoms with Gasteiger partial charge in [0.25, 0.3) is 0 Å². The number of thiophene rings is 1. The zero-order chi connectivity index (χ0) is 18.8. The molecule has 1 saturated heterocycles. The first kappa shape index (κ1) is 18.9. The van der Waals surface area contributed by atoms with Crippen LogP contribution in [0, 0.1) is 0 Å². The third kappa shape index (κ3) is 4.51. The number of likely N-dealkylation sites (tertiary alicyclic amines) is 1. The molecule has 0 bridgehead atoms. The topological polar surface area (TPSA) is 36.4 Å². The zero-order valence-corrected chi connectivity index (χ0v) is 17.6. The molecule has 1 fully saturated rings. The van der Waals surface area contributed by atoms with Crippen LogP contribution in [0.25, 0.3) is 10.2 Å². The number of benzene rings is 1. The van der Waals surface area contributed by atoms with Crippen LogP contribution in [0.15, 0.2) is 36.4 Å². The molecule has 2 aromatic heterocycles. The molecule has 0 aliphatic carbocycles. The van der Waals surface area contributed by atoms with E-state index in [4.69, 9.17) is 16.6 Å². The number of aromatic nitrogens is 1. The number of hydrogen-bond donors (Lipinski definition) is 0. The second-order valence-electron chi connectivity index (χ2n) is 7.08. The molecule has 0 radical (unpaired) electrons. The minimum atomic E-state index is 0.200. The number of fused-ring (bicyclic) bond motifs is 1. The molecule has 0 spiro atoms. The fourth-order valence-corrected chi connectivity index (χ4v) is 5.82. The van der Waals surface area contributed by atoms with E-state index in [0.29, 0.717) is 12.5 Å². The van der Waals surface area contributed by atoms with Crippen molar-refractivity contribution in [2.24, 2.45) is 0 Å². The van der Waals surface area contributed by atoms with Gasteiger partial charge in [-0.2, -0.15) is 0 Å². The van der Waals surface area contributed by atoms with Gasteiger partial charge in [-0.1, -0.05) is 23.7 Å². The van der Waals surface area contributed by atoms with Crippen molar-refractivity contribution in [3.8, 4) is 0 Å². The van der Waals surface area contributed by atoms with Crippen molar-refractivity contribution in [2.75, 3.05) is 26.7 Å². The van der Waals surface area contributed by atoms with E-state index in [9.17, 15) is 4.79 Å². The molecule has 4 nitrogen and oxygen atoms in total. The van der Waals surface area contributed by atoms with Crippen LogP contribution in [0.1, 0.15) is 28.6 Å². The van der Waals surface area contributed by atoms with E-state index in [1.54, 1.807) is 22.7 Å². The molecule has 1 aliphatic rings. The third-order valence-electron chi connectivity index (χ3n) is 4.89. The summed E-state index contributed by atoms with van der Waals surface area (Å²) in [4.78, 5) is 22.9. The summed E-state index contributed by atoms with van der Waals surface area (Å²) < 4.78 is 2.02. The van der Waals surface area contributed by atoms with E-state index in [2.05, 4.69) is 23.1 Å². The van der Waals surface area contributed by atoms with Gasteiger partial charge in [0.15, 0.2) is 0 Å². The molecule has 142 valence electrons. The summed E-state index contributed by atoms with van der Waals surface area (Å²) in [7, 11) is 1.99. The maximum atomic E-state index is 12.8. The Morgan fingerprint density at radius 3 is 2.93 bits per heavy atom. The van der Waals surface area contributed by atoms with Crippen LogP contribution < -0.4 is 0 Å². The Kier molecular flexibility index (Phi) is 5.78. The third-order valence-corrected chi connectivity index (χ3v) is 7.31. The van der Waals surface area contributed by atoms with Crippen LogP contribution in [0.3, 0.4) is 0 Å². The van der Waals surface area contributed by atoms with Gasteiger partial charge in [-0.15, -0.1) is 22.7 Å². The van der Waals surface area contributed by atoms with Crippen LogP contribution in [0.5, 0.6) is 0 Å². The lowest BCUT2D eigenvalue weighted by atomic mass is 9.98. The van der Waals surface area contributed by atoms with Gasteiger partial charge < -0.3 is 4.90 Å². The fraction of sp³-hybridized carbons (Fsp3) is 0.400. The van der Waals surface area contributed by atoms with Crippen molar-refractivity contribution in [2.45, 2.75) is 25.3 Å². The molecule has 1 atom stereocenters. The van der Waals surface area contributed by atoms with Gasteiger partial charge in [-0.25, -0.2) is 4.98 Å². The standard InChI is InChI=1S/C20H22ClN3OS2/c1-23(12-15-8-9-18(21)26-15)13-19(25)24-10-4-5-14(11-24)20-22-16-6-2-3-7-17(16)27-20/h2-3,6-9,14H,4-5,10-13H2,1H3/t14-/m1/s1. The highest BCUT2D eigenvalue weighted by Gasteiger charge is 2.27. The summed E-state index contributed by atoms with van der Waals surface area (Å²) in [6.45, 7) is 2.80. The lowest BCUT2D eigenvalue weighted by Crippen LogP contribution is -2.43. The average Bonchev–Trinajstić information content (AvgIpc) is 3.27. The van der Waals surface area contributed by atoms with Gasteiger partial charge in [0.05, 0.1) is 26.1 Å². The molecule has 0 saturated carbocycles. The van der Waals surface area contributed by atoms with E-state index < -0.39 is 0 Å². The minimum Gasteiger partial charge on any atom is -0.341 e. The number of amides is 1. The number of carbonyl (C=O) groups is 1. The van der Waals surface area contributed by atoms with Gasteiger partial charge in [0, 0.05) is 30.4 Å². The van der Waals surface area contributed by atoms with Crippen molar-refractivity contribution in [1.82, 2.24) is 14.8 Å². The number of rotatable bonds is 5. The summed E-state index contributed by atoms with van der Waals surface area (Å²) in [6, 6.07) is 12.2. The monoisotopic (exact) mass is 419 g/mol. The van der Waals surface area contributed by atoms with E-state index in [-0.39, 0.29) is 5.91 Å². The summed E-state index contributed by atoms with van der Waals surface area (Å²) in [5.74, 6) is 0.549. The van der Waals surface area contributed by atoms with Crippen LogP contribution in [0.4, 0.5) is 0 Å². The second kappa shape index (κ2) is 8.27. The Morgan fingerprint density at radius 1 is 1.30 bits per heavy atom. The zero-order valence-electron chi connectivity index (χ0n) is 15.2. The van der Waals surface area contributed by atoms with Crippen LogP contribution >= 0.6 is 34.3 Å². The smallest absolute Gasteiger partial charge is 0.236 e. The Morgan fingerprint density at radius 2 is 2.15 bits per heavy atom. The minimum absolute atomic E-state index is 0.200. The van der Waals surface area contributed by atoms with E-state index in [0.717, 1.165) is 47.3 Å².